The zero-order valence-corrected chi connectivity index (χ0v) is 12.4. The quantitative estimate of drug-likeness (QED) is 0.676. The molecule has 0 saturated heterocycles. The zero-order valence-electron chi connectivity index (χ0n) is 12.4. The van der Waals surface area contributed by atoms with Crippen molar-refractivity contribution in [1.29, 1.82) is 0 Å². The fourth-order valence-corrected chi connectivity index (χ4v) is 1.76. The number of nitrogens with two attached hydrogens (primary N) is 1. The van der Waals surface area contributed by atoms with Gasteiger partial charge >= 0.3 is 0 Å². The van der Waals surface area contributed by atoms with Gasteiger partial charge in [-0.05, 0) is 37.0 Å². The average Bonchev–Trinajstić information content (AvgIpc) is 2.47. The summed E-state index contributed by atoms with van der Waals surface area (Å²) < 4.78 is 5.48. The molecule has 0 fully saturated rings. The molecule has 3 N–H and O–H groups in total. The third kappa shape index (κ3) is 9.51. The Morgan fingerprint density at radius 3 is 2.53 bits per heavy atom. The molecule has 3 nitrogen and oxygen atoms in total. The Morgan fingerprint density at radius 1 is 1.11 bits per heavy atom. The van der Waals surface area contributed by atoms with Crippen LogP contribution < -0.4 is 10.5 Å². The predicted octanol–water partition coefficient (Wildman–Crippen LogP) is 3.15. The Morgan fingerprint density at radius 2 is 1.84 bits per heavy atom. The molecule has 1 rings (SSSR count). The molecule has 0 spiro atoms. The third-order valence-electron chi connectivity index (χ3n) is 2.66. The van der Waals surface area contributed by atoms with Gasteiger partial charge in [0.25, 0.3) is 0 Å². The van der Waals surface area contributed by atoms with E-state index >= 15 is 0 Å². The average molecular weight is 267 g/mol. The molecule has 0 atom stereocenters. The Balaban J connectivity index is 0.00000154. The SMILES string of the molecule is CC.NCCOc1cccc(CCCCCCO)c1. The summed E-state index contributed by atoms with van der Waals surface area (Å²) in [6, 6.07) is 8.20. The van der Waals surface area contributed by atoms with Crippen LogP contribution in [0.2, 0.25) is 0 Å². The highest BCUT2D eigenvalue weighted by Gasteiger charge is 1.97. The van der Waals surface area contributed by atoms with E-state index in [1.165, 1.54) is 18.4 Å². The van der Waals surface area contributed by atoms with Gasteiger partial charge in [0, 0.05) is 13.2 Å². The van der Waals surface area contributed by atoms with Crippen molar-refractivity contribution in [2.24, 2.45) is 5.73 Å². The predicted molar refractivity (Wildman–Crippen MR) is 81.6 cm³/mol. The van der Waals surface area contributed by atoms with E-state index in [0.29, 0.717) is 19.8 Å². The Labute approximate surface area is 117 Å². The Bertz CT molecular complexity index is 303. The summed E-state index contributed by atoms with van der Waals surface area (Å²) in [5.41, 5.74) is 6.70. The van der Waals surface area contributed by atoms with Crippen molar-refractivity contribution in [3.63, 3.8) is 0 Å². The highest BCUT2D eigenvalue weighted by atomic mass is 16.5. The van der Waals surface area contributed by atoms with Crippen LogP contribution in [0.1, 0.15) is 45.1 Å². The first-order valence-corrected chi connectivity index (χ1v) is 7.39. The second-order valence-electron chi connectivity index (χ2n) is 4.17. The molecule has 0 saturated carbocycles. The molecule has 0 heterocycles. The van der Waals surface area contributed by atoms with Gasteiger partial charge < -0.3 is 15.6 Å². The van der Waals surface area contributed by atoms with Crippen LogP contribution in [0.3, 0.4) is 0 Å². The Hall–Kier alpha value is -1.06. The summed E-state index contributed by atoms with van der Waals surface area (Å²) >= 11 is 0. The molecule has 0 radical (unpaired) electrons. The van der Waals surface area contributed by atoms with Crippen molar-refractivity contribution in [3.8, 4) is 5.75 Å². The minimum Gasteiger partial charge on any atom is -0.492 e. The lowest BCUT2D eigenvalue weighted by atomic mass is 10.1. The maximum atomic E-state index is 8.67. The molecular weight excluding hydrogens is 238 g/mol. The molecule has 0 aliphatic heterocycles. The first-order valence-electron chi connectivity index (χ1n) is 7.39. The van der Waals surface area contributed by atoms with E-state index in [1.807, 2.05) is 26.0 Å². The van der Waals surface area contributed by atoms with E-state index in [0.717, 1.165) is 25.0 Å². The van der Waals surface area contributed by atoms with E-state index in [9.17, 15) is 0 Å². The van der Waals surface area contributed by atoms with Gasteiger partial charge in [0.1, 0.15) is 12.4 Å². The number of aliphatic hydroxyl groups excluding tert-OH is 1. The van der Waals surface area contributed by atoms with Gasteiger partial charge in [0.15, 0.2) is 0 Å². The van der Waals surface area contributed by atoms with Gasteiger partial charge in [-0.25, -0.2) is 0 Å². The molecule has 0 amide bonds. The third-order valence-corrected chi connectivity index (χ3v) is 2.66. The van der Waals surface area contributed by atoms with Crippen molar-refractivity contribution >= 4 is 0 Å². The maximum Gasteiger partial charge on any atom is 0.119 e. The summed E-state index contributed by atoms with van der Waals surface area (Å²) in [6.07, 6.45) is 5.44. The molecular formula is C16H29NO2. The second-order valence-corrected chi connectivity index (χ2v) is 4.17. The van der Waals surface area contributed by atoms with Gasteiger partial charge in [-0.15, -0.1) is 0 Å². The van der Waals surface area contributed by atoms with Crippen LogP contribution in [-0.2, 0) is 6.42 Å². The van der Waals surface area contributed by atoms with E-state index in [4.69, 9.17) is 15.6 Å². The lowest BCUT2D eigenvalue weighted by Gasteiger charge is -2.07. The molecule has 110 valence electrons. The van der Waals surface area contributed by atoms with Crippen molar-refractivity contribution in [3.05, 3.63) is 29.8 Å². The zero-order chi connectivity index (χ0) is 14.3. The van der Waals surface area contributed by atoms with Crippen LogP contribution in [0, 0.1) is 0 Å². The number of hydrogen-bond donors (Lipinski definition) is 2. The molecule has 1 aromatic carbocycles. The van der Waals surface area contributed by atoms with Gasteiger partial charge in [-0.1, -0.05) is 38.8 Å². The topological polar surface area (TPSA) is 55.5 Å². The van der Waals surface area contributed by atoms with Gasteiger partial charge in [-0.3, -0.25) is 0 Å². The summed E-state index contributed by atoms with van der Waals surface area (Å²) in [6.45, 7) is 5.42. The van der Waals surface area contributed by atoms with Crippen molar-refractivity contribution < 1.29 is 9.84 Å². The van der Waals surface area contributed by atoms with Crippen LogP contribution in [0.15, 0.2) is 24.3 Å². The molecule has 3 heteroatoms. The number of hydrogen-bond acceptors (Lipinski definition) is 3. The molecule has 0 aliphatic carbocycles. The lowest BCUT2D eigenvalue weighted by Crippen LogP contribution is -2.10. The monoisotopic (exact) mass is 267 g/mol. The summed E-state index contributed by atoms with van der Waals surface area (Å²) in [7, 11) is 0. The van der Waals surface area contributed by atoms with Gasteiger partial charge in [0.05, 0.1) is 0 Å². The smallest absolute Gasteiger partial charge is 0.119 e. The molecule has 0 bridgehead atoms. The van der Waals surface area contributed by atoms with Crippen molar-refractivity contribution in [2.45, 2.75) is 46.0 Å². The molecule has 1 aromatic rings. The molecule has 19 heavy (non-hydrogen) atoms. The minimum absolute atomic E-state index is 0.308. The maximum absolute atomic E-state index is 8.67. The standard InChI is InChI=1S/C14H23NO2.C2H6/c15-9-11-17-14-8-5-7-13(12-14)6-3-1-2-4-10-16;1-2/h5,7-8,12,16H,1-4,6,9-11,15H2;1-2H3. The van der Waals surface area contributed by atoms with Crippen molar-refractivity contribution in [2.75, 3.05) is 19.8 Å². The Kier molecular flexibility index (Phi) is 12.6. The van der Waals surface area contributed by atoms with Gasteiger partial charge in [-0.2, -0.15) is 0 Å². The second kappa shape index (κ2) is 13.4. The lowest BCUT2D eigenvalue weighted by molar-refractivity contribution is 0.282. The molecule has 0 aliphatic rings. The summed E-state index contributed by atoms with van der Waals surface area (Å²) in [4.78, 5) is 0. The van der Waals surface area contributed by atoms with Crippen LogP contribution in [0.25, 0.3) is 0 Å². The van der Waals surface area contributed by atoms with Crippen LogP contribution in [0.5, 0.6) is 5.75 Å². The minimum atomic E-state index is 0.308. The fourth-order valence-electron chi connectivity index (χ4n) is 1.76. The molecule has 0 unspecified atom stereocenters. The highest BCUT2D eigenvalue weighted by molar-refractivity contribution is 5.28. The number of aliphatic hydroxyl groups is 1. The number of unbranched alkanes of at least 4 members (excludes halogenated alkanes) is 3. The van der Waals surface area contributed by atoms with E-state index in [2.05, 4.69) is 12.1 Å². The first-order chi connectivity index (χ1) is 9.36. The number of rotatable bonds is 9. The number of aryl methyl sites for hydroxylation is 1. The fraction of sp³-hybridized carbons (Fsp3) is 0.625. The van der Waals surface area contributed by atoms with Gasteiger partial charge in [0.2, 0.25) is 0 Å². The summed E-state index contributed by atoms with van der Waals surface area (Å²) in [5, 5.41) is 8.67. The number of ether oxygens (including phenoxy) is 1. The first kappa shape index (κ1) is 17.9. The number of benzene rings is 1. The highest BCUT2D eigenvalue weighted by Crippen LogP contribution is 2.15. The molecule has 0 aromatic heterocycles. The van der Waals surface area contributed by atoms with Crippen LogP contribution in [0.4, 0.5) is 0 Å². The summed E-state index contributed by atoms with van der Waals surface area (Å²) in [5.74, 6) is 0.906. The van der Waals surface area contributed by atoms with E-state index in [1.54, 1.807) is 0 Å². The largest absolute Gasteiger partial charge is 0.492 e. The van der Waals surface area contributed by atoms with Crippen molar-refractivity contribution in [1.82, 2.24) is 0 Å². The van der Waals surface area contributed by atoms with E-state index in [-0.39, 0.29) is 0 Å². The van der Waals surface area contributed by atoms with Crippen LogP contribution >= 0.6 is 0 Å². The van der Waals surface area contributed by atoms with Crippen LogP contribution in [-0.4, -0.2) is 24.9 Å². The van der Waals surface area contributed by atoms with E-state index < -0.39 is 0 Å². The normalized spacial score (nSPS) is 9.68.